The molecule has 114 valence electrons. The molecule has 0 aliphatic carbocycles. The molecule has 0 unspecified atom stereocenters. The third kappa shape index (κ3) is 3.55. The maximum atomic E-state index is 13.2. The van der Waals surface area contributed by atoms with Gasteiger partial charge in [-0.2, -0.15) is 4.98 Å². The average molecular weight is 311 g/mol. The van der Waals surface area contributed by atoms with Gasteiger partial charge in [-0.25, -0.2) is 4.39 Å². The molecule has 1 N–H and O–H groups in total. The quantitative estimate of drug-likeness (QED) is 0.888. The molecule has 2 aromatic rings. The van der Waals surface area contributed by atoms with Crippen molar-refractivity contribution in [1.29, 1.82) is 0 Å². The lowest BCUT2D eigenvalue weighted by atomic mass is 10.3. The third-order valence-corrected chi connectivity index (χ3v) is 4.03. The number of halogens is 1. The molecule has 1 heterocycles. The minimum absolute atomic E-state index is 0.331. The Balaban J connectivity index is 2.16. The predicted molar refractivity (Wildman–Crippen MR) is 83.3 cm³/mol. The summed E-state index contributed by atoms with van der Waals surface area (Å²) in [4.78, 5) is 7.28. The Kier molecular flexibility index (Phi) is 4.85. The normalized spacial score (nSPS) is 10.3. The highest BCUT2D eigenvalue weighted by Crippen LogP contribution is 2.32. The second kappa shape index (κ2) is 6.62. The van der Waals surface area contributed by atoms with E-state index in [4.69, 9.17) is 9.47 Å². The van der Waals surface area contributed by atoms with E-state index in [2.05, 4.69) is 10.3 Å². The molecule has 21 heavy (non-hydrogen) atoms. The van der Waals surface area contributed by atoms with E-state index in [1.807, 2.05) is 19.0 Å². The zero-order valence-electron chi connectivity index (χ0n) is 12.4. The number of ether oxygens (including phenoxy) is 2. The summed E-state index contributed by atoms with van der Waals surface area (Å²) in [5.74, 6) is 0.728. The van der Waals surface area contributed by atoms with Crippen LogP contribution >= 0.6 is 11.3 Å². The van der Waals surface area contributed by atoms with Gasteiger partial charge >= 0.3 is 0 Å². The van der Waals surface area contributed by atoms with Crippen molar-refractivity contribution in [2.45, 2.75) is 6.54 Å². The highest BCUT2D eigenvalue weighted by Gasteiger charge is 2.13. The fraction of sp³-hybridized carbons (Fsp3) is 0.357. The van der Waals surface area contributed by atoms with Crippen molar-refractivity contribution >= 4 is 22.2 Å². The first-order chi connectivity index (χ1) is 10.0. The molecule has 0 amide bonds. The van der Waals surface area contributed by atoms with Gasteiger partial charge in [0.05, 0.1) is 31.3 Å². The SMILES string of the molecule is COc1cc(F)ccc1NCc1sc(N(C)C)nc1OC. The summed E-state index contributed by atoms with van der Waals surface area (Å²) in [6.07, 6.45) is 0. The van der Waals surface area contributed by atoms with E-state index in [1.54, 1.807) is 24.5 Å². The van der Waals surface area contributed by atoms with E-state index >= 15 is 0 Å². The zero-order valence-corrected chi connectivity index (χ0v) is 13.3. The van der Waals surface area contributed by atoms with Crippen LogP contribution in [0.5, 0.6) is 11.6 Å². The number of hydrogen-bond acceptors (Lipinski definition) is 6. The largest absolute Gasteiger partial charge is 0.494 e. The van der Waals surface area contributed by atoms with Crippen LogP contribution < -0.4 is 19.7 Å². The molecular weight excluding hydrogens is 293 g/mol. The predicted octanol–water partition coefficient (Wildman–Crippen LogP) is 2.98. The molecule has 1 aromatic carbocycles. The number of nitrogens with zero attached hydrogens (tertiary/aromatic N) is 2. The lowest BCUT2D eigenvalue weighted by Crippen LogP contribution is -2.07. The summed E-state index contributed by atoms with van der Waals surface area (Å²) in [5, 5.41) is 4.09. The van der Waals surface area contributed by atoms with E-state index in [0.29, 0.717) is 18.2 Å². The minimum Gasteiger partial charge on any atom is -0.494 e. The molecule has 0 spiro atoms. The molecule has 0 radical (unpaired) electrons. The Labute approximate surface area is 127 Å². The zero-order chi connectivity index (χ0) is 15.4. The Morgan fingerprint density at radius 3 is 2.67 bits per heavy atom. The fourth-order valence-corrected chi connectivity index (χ4v) is 2.67. The summed E-state index contributed by atoms with van der Waals surface area (Å²) < 4.78 is 23.6. The lowest BCUT2D eigenvalue weighted by Gasteiger charge is -2.10. The first-order valence-electron chi connectivity index (χ1n) is 6.33. The molecule has 5 nitrogen and oxygen atoms in total. The topological polar surface area (TPSA) is 46.6 Å². The van der Waals surface area contributed by atoms with Gasteiger partial charge in [-0.15, -0.1) is 0 Å². The summed E-state index contributed by atoms with van der Waals surface area (Å²) >= 11 is 1.54. The molecule has 0 saturated carbocycles. The van der Waals surface area contributed by atoms with E-state index < -0.39 is 0 Å². The van der Waals surface area contributed by atoms with Crippen LogP contribution in [0.15, 0.2) is 18.2 Å². The molecule has 1 aromatic heterocycles. The summed E-state index contributed by atoms with van der Waals surface area (Å²) in [6, 6.07) is 4.38. The molecule has 0 aliphatic heterocycles. The van der Waals surface area contributed by atoms with Gasteiger partial charge in [-0.3, -0.25) is 0 Å². The number of methoxy groups -OCH3 is 2. The van der Waals surface area contributed by atoms with Gasteiger partial charge < -0.3 is 19.7 Å². The van der Waals surface area contributed by atoms with Crippen LogP contribution in [-0.2, 0) is 6.54 Å². The lowest BCUT2D eigenvalue weighted by molar-refractivity contribution is 0.396. The highest BCUT2D eigenvalue weighted by molar-refractivity contribution is 7.15. The first kappa shape index (κ1) is 15.4. The van der Waals surface area contributed by atoms with E-state index in [1.165, 1.54) is 19.2 Å². The monoisotopic (exact) mass is 311 g/mol. The van der Waals surface area contributed by atoms with Gasteiger partial charge in [0.1, 0.15) is 11.6 Å². The third-order valence-electron chi connectivity index (χ3n) is 2.83. The highest BCUT2D eigenvalue weighted by atomic mass is 32.1. The Hall–Kier alpha value is -2.02. The summed E-state index contributed by atoms with van der Waals surface area (Å²) in [5.41, 5.74) is 0.723. The maximum absolute atomic E-state index is 13.2. The maximum Gasteiger partial charge on any atom is 0.231 e. The smallest absolute Gasteiger partial charge is 0.231 e. The van der Waals surface area contributed by atoms with Gasteiger partial charge in [0.2, 0.25) is 5.88 Å². The van der Waals surface area contributed by atoms with Crippen LogP contribution in [0.1, 0.15) is 4.88 Å². The Bertz CT molecular complexity index is 616. The number of hydrogen-bond donors (Lipinski definition) is 1. The van der Waals surface area contributed by atoms with Crippen LogP contribution in [0.3, 0.4) is 0 Å². The van der Waals surface area contributed by atoms with Crippen molar-refractivity contribution < 1.29 is 13.9 Å². The van der Waals surface area contributed by atoms with Crippen LogP contribution in [0.25, 0.3) is 0 Å². The number of rotatable bonds is 6. The van der Waals surface area contributed by atoms with Crippen molar-refractivity contribution in [3.8, 4) is 11.6 Å². The van der Waals surface area contributed by atoms with Crippen LogP contribution in [0, 0.1) is 5.82 Å². The van der Waals surface area contributed by atoms with E-state index in [9.17, 15) is 4.39 Å². The standard InChI is InChI=1S/C14H18FN3O2S/c1-18(2)14-17-13(20-4)12(21-14)8-16-10-6-5-9(15)7-11(10)19-3/h5-7,16H,8H2,1-4H3. The van der Waals surface area contributed by atoms with Gasteiger partial charge in [-0.05, 0) is 12.1 Å². The Morgan fingerprint density at radius 1 is 1.29 bits per heavy atom. The van der Waals surface area contributed by atoms with Gasteiger partial charge in [0, 0.05) is 20.2 Å². The molecular formula is C14H18FN3O2S. The van der Waals surface area contributed by atoms with Crippen LogP contribution in [-0.4, -0.2) is 33.3 Å². The second-order valence-corrected chi connectivity index (χ2v) is 5.58. The van der Waals surface area contributed by atoms with Crippen molar-refractivity contribution in [1.82, 2.24) is 4.98 Å². The van der Waals surface area contributed by atoms with Gasteiger partial charge in [0.25, 0.3) is 0 Å². The van der Waals surface area contributed by atoms with Crippen molar-refractivity contribution in [2.75, 3.05) is 38.5 Å². The summed E-state index contributed by atoms with van der Waals surface area (Å²) in [6.45, 7) is 0.524. The number of thiazole rings is 1. The van der Waals surface area contributed by atoms with Gasteiger partial charge in [-0.1, -0.05) is 11.3 Å². The molecule has 2 rings (SSSR count). The van der Waals surface area contributed by atoms with E-state index in [-0.39, 0.29) is 5.82 Å². The van der Waals surface area contributed by atoms with Crippen molar-refractivity contribution in [3.05, 3.63) is 28.9 Å². The number of nitrogens with one attached hydrogen (secondary N) is 1. The van der Waals surface area contributed by atoms with Gasteiger partial charge in [0.15, 0.2) is 5.13 Å². The number of benzene rings is 1. The number of anilines is 2. The number of aromatic nitrogens is 1. The second-order valence-electron chi connectivity index (χ2n) is 4.52. The molecule has 0 saturated heterocycles. The first-order valence-corrected chi connectivity index (χ1v) is 7.15. The average Bonchev–Trinajstić information content (AvgIpc) is 2.89. The molecule has 0 aliphatic rings. The molecule has 0 bridgehead atoms. The summed E-state index contributed by atoms with van der Waals surface area (Å²) in [7, 11) is 6.96. The van der Waals surface area contributed by atoms with Crippen molar-refractivity contribution in [2.24, 2.45) is 0 Å². The Morgan fingerprint density at radius 2 is 2.05 bits per heavy atom. The fourth-order valence-electron chi connectivity index (χ4n) is 1.77. The molecule has 7 heteroatoms. The minimum atomic E-state index is -0.331. The molecule has 0 fully saturated rings. The van der Waals surface area contributed by atoms with Crippen LogP contribution in [0.4, 0.5) is 15.2 Å². The molecule has 0 atom stereocenters. The van der Waals surface area contributed by atoms with E-state index in [0.717, 1.165) is 15.7 Å². The van der Waals surface area contributed by atoms with Crippen LogP contribution in [0.2, 0.25) is 0 Å². The van der Waals surface area contributed by atoms with Crippen molar-refractivity contribution in [3.63, 3.8) is 0 Å².